The van der Waals surface area contributed by atoms with Crippen molar-refractivity contribution in [1.29, 1.82) is 0 Å². The fraction of sp³-hybridized carbons (Fsp3) is 0.133. The summed E-state index contributed by atoms with van der Waals surface area (Å²) in [6.45, 7) is 1.94. The van der Waals surface area contributed by atoms with Crippen molar-refractivity contribution < 1.29 is 5.21 Å². The molecule has 0 spiro atoms. The average molecular weight is 255 g/mol. The zero-order chi connectivity index (χ0) is 13.8. The van der Waals surface area contributed by atoms with E-state index < -0.39 is 0 Å². The zero-order valence-corrected chi connectivity index (χ0v) is 11.0. The lowest BCUT2D eigenvalue weighted by Gasteiger charge is -2.20. The van der Waals surface area contributed by atoms with Crippen LogP contribution in [0.3, 0.4) is 0 Å². The first kappa shape index (κ1) is 13.0. The summed E-state index contributed by atoms with van der Waals surface area (Å²) in [6, 6.07) is 15.9. The van der Waals surface area contributed by atoms with Gasteiger partial charge in [-0.05, 0) is 42.8 Å². The average Bonchev–Trinajstić information content (AvgIpc) is 2.46. The van der Waals surface area contributed by atoms with Crippen LogP contribution in [-0.2, 0) is 0 Å². The molecule has 2 rings (SSSR count). The Morgan fingerprint density at radius 1 is 1.11 bits per heavy atom. The molecule has 0 fully saturated rings. The van der Waals surface area contributed by atoms with Crippen LogP contribution >= 0.6 is 0 Å². The number of benzene rings is 2. The van der Waals surface area contributed by atoms with Gasteiger partial charge in [0.25, 0.3) is 0 Å². The quantitative estimate of drug-likeness (QED) is 0.384. The van der Waals surface area contributed by atoms with Gasteiger partial charge in [0.1, 0.15) is 0 Å². The molecule has 0 aliphatic carbocycles. The van der Waals surface area contributed by atoms with Gasteiger partial charge >= 0.3 is 0 Å². The standard InChI is InChI=1S/C15H17N3O/c1-11-10-13(8-9-14(11)15(16)17-19)18(2)12-6-4-3-5-7-12/h3-10,19H,1-2H3,(H2,16,17). The van der Waals surface area contributed by atoms with E-state index in [1.54, 1.807) is 0 Å². The molecule has 0 saturated carbocycles. The van der Waals surface area contributed by atoms with Gasteiger partial charge in [0.15, 0.2) is 5.84 Å². The lowest BCUT2D eigenvalue weighted by molar-refractivity contribution is 0.318. The molecule has 3 N–H and O–H groups in total. The van der Waals surface area contributed by atoms with Crippen molar-refractivity contribution >= 4 is 17.2 Å². The predicted octanol–water partition coefficient (Wildman–Crippen LogP) is 2.86. The summed E-state index contributed by atoms with van der Waals surface area (Å²) < 4.78 is 0. The molecule has 0 amide bonds. The molecule has 2 aromatic carbocycles. The minimum Gasteiger partial charge on any atom is -0.409 e. The van der Waals surface area contributed by atoms with Gasteiger partial charge in [0, 0.05) is 24.0 Å². The van der Waals surface area contributed by atoms with Gasteiger partial charge in [-0.2, -0.15) is 0 Å². The van der Waals surface area contributed by atoms with Gasteiger partial charge in [-0.25, -0.2) is 0 Å². The third-order valence-electron chi connectivity index (χ3n) is 3.12. The Morgan fingerprint density at radius 3 is 2.37 bits per heavy atom. The summed E-state index contributed by atoms with van der Waals surface area (Å²) in [5.74, 6) is 0.131. The molecule has 19 heavy (non-hydrogen) atoms. The van der Waals surface area contributed by atoms with Crippen molar-refractivity contribution in [3.8, 4) is 0 Å². The normalized spacial score (nSPS) is 11.4. The first-order valence-corrected chi connectivity index (χ1v) is 6.01. The van der Waals surface area contributed by atoms with E-state index in [1.165, 1.54) is 0 Å². The molecular weight excluding hydrogens is 238 g/mol. The van der Waals surface area contributed by atoms with Crippen molar-refractivity contribution in [2.75, 3.05) is 11.9 Å². The fourth-order valence-corrected chi connectivity index (χ4v) is 2.00. The van der Waals surface area contributed by atoms with E-state index in [0.29, 0.717) is 0 Å². The Morgan fingerprint density at radius 2 is 1.79 bits per heavy atom. The largest absolute Gasteiger partial charge is 0.409 e. The molecule has 0 aliphatic rings. The van der Waals surface area contributed by atoms with Crippen molar-refractivity contribution in [1.82, 2.24) is 0 Å². The van der Waals surface area contributed by atoms with Gasteiger partial charge in [0.05, 0.1) is 0 Å². The molecule has 4 heteroatoms. The minimum atomic E-state index is 0.131. The van der Waals surface area contributed by atoms with Gasteiger partial charge < -0.3 is 15.8 Å². The highest BCUT2D eigenvalue weighted by atomic mass is 16.4. The van der Waals surface area contributed by atoms with Gasteiger partial charge in [-0.1, -0.05) is 23.4 Å². The van der Waals surface area contributed by atoms with E-state index in [0.717, 1.165) is 22.5 Å². The summed E-state index contributed by atoms with van der Waals surface area (Å²) >= 11 is 0. The van der Waals surface area contributed by atoms with Gasteiger partial charge in [-0.15, -0.1) is 0 Å². The molecule has 4 nitrogen and oxygen atoms in total. The second-order valence-corrected chi connectivity index (χ2v) is 4.38. The number of hydrogen-bond donors (Lipinski definition) is 2. The smallest absolute Gasteiger partial charge is 0.170 e. The Bertz CT molecular complexity index is 594. The Hall–Kier alpha value is -2.49. The summed E-state index contributed by atoms with van der Waals surface area (Å²) in [4.78, 5) is 2.09. The molecule has 0 radical (unpaired) electrons. The zero-order valence-electron chi connectivity index (χ0n) is 11.0. The molecule has 2 aromatic rings. The van der Waals surface area contributed by atoms with Crippen LogP contribution in [0.4, 0.5) is 11.4 Å². The molecule has 0 heterocycles. The lowest BCUT2D eigenvalue weighted by Crippen LogP contribution is -2.16. The molecular formula is C15H17N3O. The van der Waals surface area contributed by atoms with Crippen molar-refractivity contribution in [2.45, 2.75) is 6.92 Å². The maximum atomic E-state index is 8.72. The van der Waals surface area contributed by atoms with Crippen molar-refractivity contribution in [2.24, 2.45) is 10.9 Å². The second kappa shape index (κ2) is 5.44. The third kappa shape index (κ3) is 2.68. The number of hydrogen-bond acceptors (Lipinski definition) is 3. The first-order chi connectivity index (χ1) is 9.13. The Kier molecular flexibility index (Phi) is 3.71. The van der Waals surface area contributed by atoms with Crippen LogP contribution in [0.1, 0.15) is 11.1 Å². The highest BCUT2D eigenvalue weighted by Crippen LogP contribution is 2.25. The number of anilines is 2. The highest BCUT2D eigenvalue weighted by Gasteiger charge is 2.08. The van der Waals surface area contributed by atoms with Gasteiger partial charge in [0.2, 0.25) is 0 Å². The summed E-state index contributed by atoms with van der Waals surface area (Å²) in [7, 11) is 2.01. The monoisotopic (exact) mass is 255 g/mol. The van der Waals surface area contributed by atoms with E-state index in [1.807, 2.05) is 62.5 Å². The van der Waals surface area contributed by atoms with Crippen LogP contribution in [0, 0.1) is 6.92 Å². The molecule has 0 bridgehead atoms. The minimum absolute atomic E-state index is 0.131. The van der Waals surface area contributed by atoms with E-state index in [2.05, 4.69) is 10.1 Å². The molecule has 98 valence electrons. The lowest BCUT2D eigenvalue weighted by atomic mass is 10.1. The molecule has 0 saturated heterocycles. The van der Waals surface area contributed by atoms with Crippen molar-refractivity contribution in [3.63, 3.8) is 0 Å². The molecule has 0 atom stereocenters. The van der Waals surface area contributed by atoms with Crippen LogP contribution < -0.4 is 10.6 Å². The number of nitrogens with two attached hydrogens (primary N) is 1. The number of para-hydroxylation sites is 1. The second-order valence-electron chi connectivity index (χ2n) is 4.38. The van der Waals surface area contributed by atoms with E-state index in [9.17, 15) is 0 Å². The third-order valence-corrected chi connectivity index (χ3v) is 3.12. The van der Waals surface area contributed by atoms with Gasteiger partial charge in [-0.3, -0.25) is 0 Å². The number of aryl methyl sites for hydroxylation is 1. The number of oxime groups is 1. The first-order valence-electron chi connectivity index (χ1n) is 6.01. The summed E-state index contributed by atoms with van der Waals surface area (Å²) in [5, 5.41) is 11.8. The van der Waals surface area contributed by atoms with E-state index >= 15 is 0 Å². The molecule has 0 aliphatic heterocycles. The maximum Gasteiger partial charge on any atom is 0.170 e. The number of rotatable bonds is 3. The topological polar surface area (TPSA) is 61.8 Å². The van der Waals surface area contributed by atoms with Crippen LogP contribution in [0.25, 0.3) is 0 Å². The molecule has 0 aromatic heterocycles. The Labute approximate surface area is 112 Å². The van der Waals surface area contributed by atoms with E-state index in [4.69, 9.17) is 10.9 Å². The summed E-state index contributed by atoms with van der Waals surface area (Å²) in [5.41, 5.74) is 9.49. The predicted molar refractivity (Wildman–Crippen MR) is 78.2 cm³/mol. The van der Waals surface area contributed by atoms with E-state index in [-0.39, 0.29) is 5.84 Å². The fourth-order valence-electron chi connectivity index (χ4n) is 2.00. The van der Waals surface area contributed by atoms with Crippen LogP contribution in [0.2, 0.25) is 0 Å². The van der Waals surface area contributed by atoms with Crippen LogP contribution in [-0.4, -0.2) is 18.1 Å². The summed E-state index contributed by atoms with van der Waals surface area (Å²) in [6.07, 6.45) is 0. The van der Waals surface area contributed by atoms with Crippen LogP contribution in [0.15, 0.2) is 53.7 Å². The van der Waals surface area contributed by atoms with Crippen molar-refractivity contribution in [3.05, 3.63) is 59.7 Å². The molecule has 0 unspecified atom stereocenters. The van der Waals surface area contributed by atoms with Crippen LogP contribution in [0.5, 0.6) is 0 Å². The SMILES string of the molecule is Cc1cc(N(C)c2ccccc2)ccc1/C(N)=N/O. The number of nitrogens with zero attached hydrogens (tertiary/aromatic N) is 2. The Balaban J connectivity index is 2.35. The highest BCUT2D eigenvalue weighted by molar-refractivity contribution is 5.98. The number of amidine groups is 1. The maximum absolute atomic E-state index is 8.72.